The van der Waals surface area contributed by atoms with Crippen molar-refractivity contribution >= 4 is 11.3 Å². The third-order valence-electron chi connectivity index (χ3n) is 5.11. The van der Waals surface area contributed by atoms with E-state index in [1.807, 2.05) is 60.8 Å². The van der Waals surface area contributed by atoms with Crippen LogP contribution in [0.2, 0.25) is 0 Å². The van der Waals surface area contributed by atoms with E-state index in [9.17, 15) is 10.2 Å². The maximum Gasteiger partial charge on any atom is 0.161 e. The molecule has 0 aliphatic carbocycles. The summed E-state index contributed by atoms with van der Waals surface area (Å²) in [5.41, 5.74) is 5.57. The Morgan fingerprint density at radius 1 is 1.19 bits per heavy atom. The minimum absolute atomic E-state index is 0.0914. The van der Waals surface area contributed by atoms with Crippen LogP contribution in [0.5, 0.6) is 0 Å². The summed E-state index contributed by atoms with van der Waals surface area (Å²) >= 11 is 0. The Bertz CT molecular complexity index is 923. The number of anilines is 1. The molecule has 0 spiro atoms. The molecule has 0 fully saturated rings. The van der Waals surface area contributed by atoms with E-state index in [1.165, 1.54) is 0 Å². The van der Waals surface area contributed by atoms with Crippen molar-refractivity contribution in [2.75, 3.05) is 18.5 Å². The molecule has 0 bridgehead atoms. The topological polar surface area (TPSA) is 79.0 Å². The number of fused-ring (bicyclic) bond motifs is 3. The van der Waals surface area contributed by atoms with E-state index < -0.39 is 12.2 Å². The first-order valence-electron chi connectivity index (χ1n) is 8.82. The Balaban J connectivity index is 1.87. The lowest BCUT2D eigenvalue weighted by Gasteiger charge is -2.38. The summed E-state index contributed by atoms with van der Waals surface area (Å²) in [6.45, 7) is 4.10. The SMILES string of the molecule is Cc1nc2c3c(ccn2c1C)[C@@H](OCCO)[C@H](O)[C@@H](c1ccccc1)N3. The van der Waals surface area contributed by atoms with Gasteiger partial charge >= 0.3 is 0 Å². The number of aryl methyl sites for hydroxylation is 2. The number of aliphatic hydroxyl groups is 2. The van der Waals surface area contributed by atoms with Crippen LogP contribution in [0.1, 0.15) is 34.7 Å². The summed E-state index contributed by atoms with van der Waals surface area (Å²) in [4.78, 5) is 4.71. The quantitative estimate of drug-likeness (QED) is 0.672. The summed E-state index contributed by atoms with van der Waals surface area (Å²) in [7, 11) is 0. The maximum atomic E-state index is 11.0. The highest BCUT2D eigenvalue weighted by molar-refractivity contribution is 5.75. The molecule has 26 heavy (non-hydrogen) atoms. The van der Waals surface area contributed by atoms with Crippen molar-refractivity contribution < 1.29 is 14.9 Å². The molecule has 0 amide bonds. The Morgan fingerprint density at radius 2 is 1.96 bits per heavy atom. The number of rotatable bonds is 4. The van der Waals surface area contributed by atoms with Crippen molar-refractivity contribution in [3.8, 4) is 0 Å². The van der Waals surface area contributed by atoms with Crippen molar-refractivity contribution in [1.29, 1.82) is 0 Å². The van der Waals surface area contributed by atoms with Crippen LogP contribution in [0.25, 0.3) is 5.65 Å². The molecule has 0 saturated carbocycles. The van der Waals surface area contributed by atoms with E-state index >= 15 is 0 Å². The Kier molecular flexibility index (Phi) is 4.40. The zero-order valence-corrected chi connectivity index (χ0v) is 14.9. The number of pyridine rings is 1. The largest absolute Gasteiger partial charge is 0.394 e. The zero-order valence-electron chi connectivity index (χ0n) is 14.9. The molecule has 6 nitrogen and oxygen atoms in total. The van der Waals surface area contributed by atoms with Gasteiger partial charge in [-0.15, -0.1) is 0 Å². The monoisotopic (exact) mass is 353 g/mol. The third-order valence-corrected chi connectivity index (χ3v) is 5.11. The lowest BCUT2D eigenvalue weighted by atomic mass is 9.89. The molecular weight excluding hydrogens is 330 g/mol. The number of ether oxygens (including phenoxy) is 1. The van der Waals surface area contributed by atoms with E-state index in [1.54, 1.807) is 0 Å². The van der Waals surface area contributed by atoms with Crippen LogP contribution in [0, 0.1) is 13.8 Å². The second kappa shape index (κ2) is 6.72. The first-order valence-corrected chi connectivity index (χ1v) is 8.82. The first kappa shape index (κ1) is 17.0. The lowest BCUT2D eigenvalue weighted by Crippen LogP contribution is -2.38. The molecule has 1 aliphatic rings. The fourth-order valence-electron chi connectivity index (χ4n) is 3.65. The fraction of sp³-hybridized carbons (Fsp3) is 0.350. The average molecular weight is 353 g/mol. The summed E-state index contributed by atoms with van der Waals surface area (Å²) in [6, 6.07) is 11.5. The number of nitrogens with one attached hydrogen (secondary N) is 1. The van der Waals surface area contributed by atoms with Gasteiger partial charge in [0.2, 0.25) is 0 Å². The number of nitrogens with zero attached hydrogens (tertiary/aromatic N) is 2. The van der Waals surface area contributed by atoms with E-state index in [-0.39, 0.29) is 19.3 Å². The van der Waals surface area contributed by atoms with Gasteiger partial charge in [0, 0.05) is 17.5 Å². The fourth-order valence-corrected chi connectivity index (χ4v) is 3.65. The highest BCUT2D eigenvalue weighted by Gasteiger charge is 2.38. The van der Waals surface area contributed by atoms with Gasteiger partial charge in [0.25, 0.3) is 0 Å². The third kappa shape index (κ3) is 2.67. The van der Waals surface area contributed by atoms with Crippen LogP contribution in [0.4, 0.5) is 5.69 Å². The smallest absolute Gasteiger partial charge is 0.161 e. The van der Waals surface area contributed by atoms with Crippen molar-refractivity contribution in [3.05, 3.63) is 65.1 Å². The lowest BCUT2D eigenvalue weighted by molar-refractivity contribution is -0.0597. The molecule has 4 rings (SSSR count). The van der Waals surface area contributed by atoms with Crippen molar-refractivity contribution in [1.82, 2.24) is 9.38 Å². The van der Waals surface area contributed by atoms with Gasteiger partial charge in [-0.1, -0.05) is 30.3 Å². The molecule has 3 N–H and O–H groups in total. The average Bonchev–Trinajstić information content (AvgIpc) is 2.96. The summed E-state index contributed by atoms with van der Waals surface area (Å²) in [5, 5.41) is 23.7. The molecule has 0 radical (unpaired) electrons. The number of imidazole rings is 1. The van der Waals surface area contributed by atoms with Crippen LogP contribution in [0.3, 0.4) is 0 Å². The van der Waals surface area contributed by atoms with Gasteiger partial charge in [-0.05, 0) is 25.5 Å². The standard InChI is InChI=1S/C20H23N3O3/c1-12-13(2)23-9-8-15-17(20(23)21-12)22-16(14-6-4-3-5-7-14)18(25)19(15)26-11-10-24/h3-9,16,18-19,22,24-25H,10-11H2,1-2H3/t16-,18-,19-/m1/s1. The minimum Gasteiger partial charge on any atom is -0.394 e. The van der Waals surface area contributed by atoms with Gasteiger partial charge < -0.3 is 24.7 Å². The van der Waals surface area contributed by atoms with Gasteiger partial charge in [0.1, 0.15) is 12.2 Å². The molecule has 2 aromatic heterocycles. The molecule has 1 aliphatic heterocycles. The van der Waals surface area contributed by atoms with Gasteiger partial charge in [-0.3, -0.25) is 0 Å². The number of benzene rings is 1. The Labute approximate surface area is 152 Å². The number of aromatic nitrogens is 2. The molecule has 0 unspecified atom stereocenters. The van der Waals surface area contributed by atoms with Crippen molar-refractivity contribution in [2.45, 2.75) is 32.1 Å². The Hall–Kier alpha value is -2.41. The van der Waals surface area contributed by atoms with Gasteiger partial charge in [-0.2, -0.15) is 0 Å². The first-order chi connectivity index (χ1) is 12.6. The predicted molar refractivity (Wildman–Crippen MR) is 99.3 cm³/mol. The van der Waals surface area contributed by atoms with Crippen molar-refractivity contribution in [3.63, 3.8) is 0 Å². The molecule has 3 aromatic rings. The predicted octanol–water partition coefficient (Wildman–Crippen LogP) is 2.53. The van der Waals surface area contributed by atoms with E-state index in [0.717, 1.165) is 33.8 Å². The summed E-state index contributed by atoms with van der Waals surface area (Å²) < 4.78 is 7.88. The van der Waals surface area contributed by atoms with Gasteiger partial charge in [0.05, 0.1) is 30.6 Å². The summed E-state index contributed by atoms with van der Waals surface area (Å²) in [6.07, 6.45) is 0.637. The maximum absolute atomic E-state index is 11.0. The molecule has 6 heteroatoms. The van der Waals surface area contributed by atoms with Crippen LogP contribution < -0.4 is 5.32 Å². The Morgan fingerprint density at radius 3 is 2.69 bits per heavy atom. The van der Waals surface area contributed by atoms with E-state index in [4.69, 9.17) is 9.72 Å². The normalized spacial score (nSPS) is 22.2. The highest BCUT2D eigenvalue weighted by Crippen LogP contribution is 2.43. The molecule has 1 aromatic carbocycles. The van der Waals surface area contributed by atoms with Crippen LogP contribution in [0.15, 0.2) is 42.6 Å². The van der Waals surface area contributed by atoms with E-state index in [0.29, 0.717) is 0 Å². The van der Waals surface area contributed by atoms with Crippen LogP contribution in [-0.2, 0) is 4.74 Å². The number of hydrogen-bond donors (Lipinski definition) is 3. The second-order valence-electron chi connectivity index (χ2n) is 6.66. The number of hydrogen-bond acceptors (Lipinski definition) is 5. The van der Waals surface area contributed by atoms with Gasteiger partial charge in [-0.25, -0.2) is 4.98 Å². The minimum atomic E-state index is -0.781. The van der Waals surface area contributed by atoms with E-state index in [2.05, 4.69) is 5.32 Å². The highest BCUT2D eigenvalue weighted by atomic mass is 16.5. The van der Waals surface area contributed by atoms with Crippen molar-refractivity contribution in [2.24, 2.45) is 0 Å². The zero-order chi connectivity index (χ0) is 18.3. The molecular formula is C20H23N3O3. The van der Waals surface area contributed by atoms with Crippen LogP contribution in [-0.4, -0.2) is 38.9 Å². The second-order valence-corrected chi connectivity index (χ2v) is 6.66. The molecule has 3 heterocycles. The molecule has 3 atom stereocenters. The summed E-state index contributed by atoms with van der Waals surface area (Å²) in [5.74, 6) is 0. The molecule has 0 saturated heterocycles. The molecule has 136 valence electrons. The van der Waals surface area contributed by atoms with Gasteiger partial charge in [0.15, 0.2) is 5.65 Å². The number of aliphatic hydroxyl groups excluding tert-OH is 2. The van der Waals surface area contributed by atoms with Crippen LogP contribution >= 0.6 is 0 Å².